The molecule has 0 aliphatic heterocycles. The molecule has 0 aromatic heterocycles. The second-order valence-electron chi connectivity index (χ2n) is 9.49. The maximum absolute atomic E-state index is 13.7. The van der Waals surface area contributed by atoms with Crippen LogP contribution in [0.15, 0.2) is 54.6 Å². The van der Waals surface area contributed by atoms with Crippen LogP contribution in [0.4, 0.5) is 18.0 Å². The van der Waals surface area contributed by atoms with Gasteiger partial charge in [-0.25, -0.2) is 4.79 Å². The van der Waals surface area contributed by atoms with Gasteiger partial charge in [0.1, 0.15) is 5.75 Å². The van der Waals surface area contributed by atoms with Crippen molar-refractivity contribution in [3.8, 4) is 16.9 Å². The Kier molecular flexibility index (Phi) is 8.89. The van der Waals surface area contributed by atoms with Crippen molar-refractivity contribution in [2.24, 2.45) is 0 Å². The lowest BCUT2D eigenvalue weighted by Crippen LogP contribution is -2.30. The summed E-state index contributed by atoms with van der Waals surface area (Å²) in [6, 6.07) is 15.4. The summed E-state index contributed by atoms with van der Waals surface area (Å²) in [5, 5.41) is 0. The minimum atomic E-state index is -4.53. The Labute approximate surface area is 217 Å². The summed E-state index contributed by atoms with van der Waals surface area (Å²) in [5.41, 5.74) is 4.89. The van der Waals surface area contributed by atoms with E-state index in [4.69, 9.17) is 9.47 Å². The minimum Gasteiger partial charge on any atom is -0.496 e. The number of hydrogen-bond donors (Lipinski definition) is 0. The first-order chi connectivity index (χ1) is 17.5. The number of benzene rings is 3. The number of amides is 1. The van der Waals surface area contributed by atoms with Gasteiger partial charge in [-0.3, -0.25) is 4.90 Å². The van der Waals surface area contributed by atoms with Gasteiger partial charge in [0, 0.05) is 18.7 Å². The Balaban J connectivity index is 2.15. The summed E-state index contributed by atoms with van der Waals surface area (Å²) in [7, 11) is 2.80. The zero-order chi connectivity index (χ0) is 27.3. The topological polar surface area (TPSA) is 38.8 Å². The van der Waals surface area contributed by atoms with Gasteiger partial charge in [-0.05, 0) is 71.3 Å². The lowest BCUT2D eigenvalue weighted by atomic mass is 9.92. The van der Waals surface area contributed by atoms with Crippen molar-refractivity contribution in [2.45, 2.75) is 59.3 Å². The highest BCUT2D eigenvalue weighted by Crippen LogP contribution is 2.39. The van der Waals surface area contributed by atoms with Gasteiger partial charge in [-0.2, -0.15) is 13.2 Å². The third-order valence-electron chi connectivity index (χ3n) is 6.39. The van der Waals surface area contributed by atoms with E-state index in [1.165, 1.54) is 25.2 Å². The van der Waals surface area contributed by atoms with Gasteiger partial charge in [0.2, 0.25) is 0 Å². The molecule has 0 radical (unpaired) electrons. The first-order valence-corrected chi connectivity index (χ1v) is 12.3. The standard InChI is InChI=1S/C30H34F3NO3/c1-7-21-12-20(4)13-22(14-21)17-34(29(35)37-6)18-24-15-25(30(31,32)33)9-10-26(24)27-16-23(19(2)3)8-11-28(27)36-5/h8-16,19H,7,17-18H2,1-6H3. The molecular weight excluding hydrogens is 479 g/mol. The average Bonchev–Trinajstić information content (AvgIpc) is 2.86. The Morgan fingerprint density at radius 3 is 2.22 bits per heavy atom. The summed E-state index contributed by atoms with van der Waals surface area (Å²) < 4.78 is 51.8. The smallest absolute Gasteiger partial charge is 0.416 e. The van der Waals surface area contributed by atoms with Crippen LogP contribution in [0.2, 0.25) is 0 Å². The van der Waals surface area contributed by atoms with E-state index in [1.807, 2.05) is 58.0 Å². The van der Waals surface area contributed by atoms with Crippen LogP contribution in [-0.4, -0.2) is 25.2 Å². The van der Waals surface area contributed by atoms with Crippen LogP contribution in [-0.2, 0) is 30.4 Å². The summed E-state index contributed by atoms with van der Waals surface area (Å²) in [4.78, 5) is 14.2. The predicted molar refractivity (Wildman–Crippen MR) is 140 cm³/mol. The van der Waals surface area contributed by atoms with Crippen LogP contribution in [0.5, 0.6) is 5.75 Å². The molecule has 3 rings (SSSR count). The average molecular weight is 514 g/mol. The summed E-state index contributed by atoms with van der Waals surface area (Å²) in [6.45, 7) is 8.24. The van der Waals surface area contributed by atoms with Crippen LogP contribution in [0.1, 0.15) is 60.1 Å². The molecule has 0 spiro atoms. The Hall–Kier alpha value is -3.48. The second-order valence-corrected chi connectivity index (χ2v) is 9.49. The van der Waals surface area contributed by atoms with Gasteiger partial charge in [-0.15, -0.1) is 0 Å². The van der Waals surface area contributed by atoms with Crippen LogP contribution in [0, 0.1) is 6.92 Å². The highest BCUT2D eigenvalue weighted by atomic mass is 19.4. The Morgan fingerprint density at radius 2 is 1.62 bits per heavy atom. The van der Waals surface area contributed by atoms with E-state index in [0.29, 0.717) is 22.4 Å². The number of carbonyl (C=O) groups is 1. The molecule has 0 aliphatic carbocycles. The number of aryl methyl sites for hydroxylation is 2. The van der Waals surface area contributed by atoms with Gasteiger partial charge in [0.05, 0.1) is 19.8 Å². The van der Waals surface area contributed by atoms with E-state index >= 15 is 0 Å². The second kappa shape index (κ2) is 11.7. The highest BCUT2D eigenvalue weighted by Gasteiger charge is 2.32. The molecule has 0 fully saturated rings. The Bertz CT molecular complexity index is 1250. The van der Waals surface area contributed by atoms with Crippen molar-refractivity contribution in [3.63, 3.8) is 0 Å². The van der Waals surface area contributed by atoms with Crippen molar-refractivity contribution in [2.75, 3.05) is 14.2 Å². The molecule has 1 amide bonds. The van der Waals surface area contributed by atoms with Crippen LogP contribution < -0.4 is 4.74 Å². The molecule has 0 unspecified atom stereocenters. The molecule has 0 saturated carbocycles. The van der Waals surface area contributed by atoms with Crippen molar-refractivity contribution in [1.29, 1.82) is 0 Å². The largest absolute Gasteiger partial charge is 0.496 e. The predicted octanol–water partition coefficient (Wildman–Crippen LogP) is 8.14. The van der Waals surface area contributed by atoms with Crippen molar-refractivity contribution >= 4 is 6.09 Å². The monoisotopic (exact) mass is 513 g/mol. The van der Waals surface area contributed by atoms with E-state index in [-0.39, 0.29) is 19.0 Å². The van der Waals surface area contributed by atoms with Crippen molar-refractivity contribution < 1.29 is 27.4 Å². The van der Waals surface area contributed by atoms with Crippen molar-refractivity contribution in [3.05, 3.63) is 88.0 Å². The molecule has 0 aliphatic rings. The molecule has 0 atom stereocenters. The number of alkyl halides is 3. The van der Waals surface area contributed by atoms with Gasteiger partial charge < -0.3 is 9.47 Å². The molecule has 3 aromatic carbocycles. The minimum absolute atomic E-state index is 0.0730. The van der Waals surface area contributed by atoms with Gasteiger partial charge in [0.25, 0.3) is 0 Å². The fourth-order valence-electron chi connectivity index (χ4n) is 4.44. The number of carbonyl (C=O) groups excluding carboxylic acids is 1. The van der Waals surface area contributed by atoms with E-state index in [1.54, 1.807) is 0 Å². The molecule has 7 heteroatoms. The third-order valence-corrected chi connectivity index (χ3v) is 6.39. The Morgan fingerprint density at radius 1 is 0.919 bits per heavy atom. The molecule has 0 N–H and O–H groups in total. The fourth-order valence-corrected chi connectivity index (χ4v) is 4.44. The quantitative estimate of drug-likeness (QED) is 0.305. The molecule has 0 bridgehead atoms. The fraction of sp³-hybridized carbons (Fsp3) is 0.367. The lowest BCUT2D eigenvalue weighted by Gasteiger charge is -2.25. The van der Waals surface area contributed by atoms with E-state index < -0.39 is 17.8 Å². The molecular formula is C30H34F3NO3. The summed E-state index contributed by atoms with van der Waals surface area (Å²) in [5.74, 6) is 0.754. The highest BCUT2D eigenvalue weighted by molar-refractivity contribution is 5.76. The molecule has 4 nitrogen and oxygen atoms in total. The number of nitrogens with zero attached hydrogens (tertiary/aromatic N) is 1. The number of methoxy groups -OCH3 is 2. The van der Waals surface area contributed by atoms with Crippen molar-refractivity contribution in [1.82, 2.24) is 4.90 Å². The number of ether oxygens (including phenoxy) is 2. The van der Waals surface area contributed by atoms with E-state index in [2.05, 4.69) is 6.07 Å². The van der Waals surface area contributed by atoms with Gasteiger partial charge in [-0.1, -0.05) is 56.7 Å². The van der Waals surface area contributed by atoms with Crippen LogP contribution >= 0.6 is 0 Å². The number of halogens is 3. The zero-order valence-electron chi connectivity index (χ0n) is 22.2. The molecule has 0 heterocycles. The summed E-state index contributed by atoms with van der Waals surface area (Å²) >= 11 is 0. The van der Waals surface area contributed by atoms with Crippen LogP contribution in [0.3, 0.4) is 0 Å². The molecule has 3 aromatic rings. The molecule has 198 valence electrons. The van der Waals surface area contributed by atoms with Crippen LogP contribution in [0.25, 0.3) is 11.1 Å². The van der Waals surface area contributed by atoms with Gasteiger partial charge >= 0.3 is 12.3 Å². The third kappa shape index (κ3) is 6.85. The first kappa shape index (κ1) is 28.1. The SMILES string of the molecule is CCc1cc(C)cc(CN(Cc2cc(C(F)(F)F)ccc2-c2cc(C(C)C)ccc2OC)C(=O)OC)c1. The maximum atomic E-state index is 13.7. The van der Waals surface area contributed by atoms with Gasteiger partial charge in [0.15, 0.2) is 0 Å². The maximum Gasteiger partial charge on any atom is 0.416 e. The van der Waals surface area contributed by atoms with E-state index in [9.17, 15) is 18.0 Å². The zero-order valence-corrected chi connectivity index (χ0v) is 22.2. The number of rotatable bonds is 8. The number of hydrogen-bond acceptors (Lipinski definition) is 3. The first-order valence-electron chi connectivity index (χ1n) is 12.3. The molecule has 0 saturated heterocycles. The normalized spacial score (nSPS) is 11.5. The molecule has 37 heavy (non-hydrogen) atoms. The summed E-state index contributed by atoms with van der Waals surface area (Å²) in [6.07, 6.45) is -4.32. The van der Waals surface area contributed by atoms with E-state index in [0.717, 1.165) is 40.8 Å². The lowest BCUT2D eigenvalue weighted by molar-refractivity contribution is -0.137.